The zero-order valence-electron chi connectivity index (χ0n) is 10.9. The first-order valence-electron chi connectivity index (χ1n) is 6.83. The van der Waals surface area contributed by atoms with Crippen LogP contribution in [0.5, 0.6) is 5.88 Å². The second-order valence-electron chi connectivity index (χ2n) is 5.20. The number of rotatable bonds is 4. The van der Waals surface area contributed by atoms with Gasteiger partial charge >= 0.3 is 0 Å². The van der Waals surface area contributed by atoms with Crippen molar-refractivity contribution in [1.29, 1.82) is 0 Å². The zero-order chi connectivity index (χ0) is 12.4. The molecule has 2 aliphatic rings. The molecule has 0 radical (unpaired) electrons. The highest BCUT2D eigenvalue weighted by Gasteiger charge is 2.36. The number of hydrogen-bond donors (Lipinski definition) is 1. The molecule has 1 atom stereocenters. The van der Waals surface area contributed by atoms with E-state index >= 15 is 0 Å². The van der Waals surface area contributed by atoms with Crippen molar-refractivity contribution >= 4 is 0 Å². The van der Waals surface area contributed by atoms with Crippen molar-refractivity contribution in [3.63, 3.8) is 0 Å². The first kappa shape index (κ1) is 11.9. The molecule has 1 saturated carbocycles. The van der Waals surface area contributed by atoms with E-state index in [-0.39, 0.29) is 0 Å². The molecule has 0 amide bonds. The second-order valence-corrected chi connectivity index (χ2v) is 5.20. The molecule has 0 unspecified atom stereocenters. The van der Waals surface area contributed by atoms with Crippen LogP contribution >= 0.6 is 0 Å². The van der Waals surface area contributed by atoms with Crippen LogP contribution < -0.4 is 10.1 Å². The summed E-state index contributed by atoms with van der Waals surface area (Å²) in [4.78, 5) is 6.97. The highest BCUT2D eigenvalue weighted by atomic mass is 16.5. The molecule has 2 heterocycles. The summed E-state index contributed by atoms with van der Waals surface area (Å²) >= 11 is 0. The van der Waals surface area contributed by atoms with Gasteiger partial charge in [-0.05, 0) is 24.3 Å². The van der Waals surface area contributed by atoms with Crippen LogP contribution in [-0.4, -0.2) is 43.2 Å². The number of ether oxygens (including phenoxy) is 1. The normalized spacial score (nSPS) is 22.7. The van der Waals surface area contributed by atoms with E-state index in [0.717, 1.165) is 32.1 Å². The molecule has 1 aromatic rings. The summed E-state index contributed by atoms with van der Waals surface area (Å²) in [6, 6.07) is 4.72. The maximum absolute atomic E-state index is 5.14. The van der Waals surface area contributed by atoms with Gasteiger partial charge in [0.15, 0.2) is 0 Å². The molecule has 3 rings (SSSR count). The van der Waals surface area contributed by atoms with Crippen LogP contribution in [0.4, 0.5) is 0 Å². The van der Waals surface area contributed by atoms with Crippen LogP contribution in [0, 0.1) is 5.92 Å². The predicted octanol–water partition coefficient (Wildman–Crippen LogP) is 1.45. The van der Waals surface area contributed by atoms with E-state index in [1.807, 2.05) is 12.3 Å². The molecular formula is C14H21N3O. The van der Waals surface area contributed by atoms with Crippen molar-refractivity contribution in [2.24, 2.45) is 5.92 Å². The van der Waals surface area contributed by atoms with Gasteiger partial charge in [0.05, 0.1) is 7.11 Å². The summed E-state index contributed by atoms with van der Waals surface area (Å²) in [6.07, 6.45) is 4.71. The smallest absolute Gasteiger partial charge is 0.212 e. The van der Waals surface area contributed by atoms with E-state index in [2.05, 4.69) is 21.3 Å². The van der Waals surface area contributed by atoms with Crippen molar-refractivity contribution in [3.8, 4) is 5.88 Å². The summed E-state index contributed by atoms with van der Waals surface area (Å²) in [6.45, 7) is 4.50. The number of aromatic nitrogens is 1. The predicted molar refractivity (Wildman–Crippen MR) is 70.7 cm³/mol. The number of nitrogens with zero attached hydrogens (tertiary/aromatic N) is 2. The first-order chi connectivity index (χ1) is 8.88. The Bertz CT molecular complexity index is 383. The minimum Gasteiger partial charge on any atom is -0.481 e. The minimum absolute atomic E-state index is 0.561. The topological polar surface area (TPSA) is 37.4 Å². The monoisotopic (exact) mass is 247 g/mol. The zero-order valence-corrected chi connectivity index (χ0v) is 10.9. The Balaban J connectivity index is 1.79. The molecule has 0 aromatic carbocycles. The van der Waals surface area contributed by atoms with Gasteiger partial charge in [-0.15, -0.1) is 0 Å². The number of hydrogen-bond acceptors (Lipinski definition) is 4. The Kier molecular flexibility index (Phi) is 3.48. The lowest BCUT2D eigenvalue weighted by Crippen LogP contribution is -2.45. The van der Waals surface area contributed by atoms with Gasteiger partial charge in [-0.3, -0.25) is 4.90 Å². The van der Waals surface area contributed by atoms with E-state index in [9.17, 15) is 0 Å². The van der Waals surface area contributed by atoms with E-state index < -0.39 is 0 Å². The molecule has 1 N–H and O–H groups in total. The summed E-state index contributed by atoms with van der Waals surface area (Å²) < 4.78 is 5.14. The Labute approximate surface area is 108 Å². The third-order valence-electron chi connectivity index (χ3n) is 3.92. The summed E-state index contributed by atoms with van der Waals surface area (Å²) in [5.74, 6) is 1.53. The van der Waals surface area contributed by atoms with Gasteiger partial charge < -0.3 is 10.1 Å². The molecule has 18 heavy (non-hydrogen) atoms. The number of methoxy groups -OCH3 is 1. The fraction of sp³-hybridized carbons (Fsp3) is 0.643. The molecule has 0 spiro atoms. The number of piperazine rings is 1. The lowest BCUT2D eigenvalue weighted by Gasteiger charge is -2.35. The van der Waals surface area contributed by atoms with Gasteiger partial charge in [-0.1, -0.05) is 6.07 Å². The Morgan fingerprint density at radius 1 is 1.33 bits per heavy atom. The average Bonchev–Trinajstić information content (AvgIpc) is 3.26. The molecule has 1 aliphatic carbocycles. The van der Waals surface area contributed by atoms with Gasteiger partial charge in [0.1, 0.15) is 0 Å². The highest BCUT2D eigenvalue weighted by molar-refractivity contribution is 5.23. The maximum Gasteiger partial charge on any atom is 0.212 e. The van der Waals surface area contributed by atoms with Crippen molar-refractivity contribution in [1.82, 2.24) is 15.2 Å². The minimum atomic E-state index is 0.561. The average molecular weight is 247 g/mol. The Morgan fingerprint density at radius 2 is 2.11 bits per heavy atom. The molecule has 4 nitrogen and oxygen atoms in total. The van der Waals surface area contributed by atoms with Gasteiger partial charge in [-0.2, -0.15) is 0 Å². The van der Waals surface area contributed by atoms with Gasteiger partial charge in [-0.25, -0.2) is 4.98 Å². The van der Waals surface area contributed by atoms with Crippen LogP contribution in [0.15, 0.2) is 18.3 Å². The largest absolute Gasteiger partial charge is 0.481 e. The van der Waals surface area contributed by atoms with Crippen LogP contribution in [0.2, 0.25) is 0 Å². The highest BCUT2D eigenvalue weighted by Crippen LogP contribution is 2.44. The van der Waals surface area contributed by atoms with Crippen molar-refractivity contribution in [2.45, 2.75) is 18.9 Å². The van der Waals surface area contributed by atoms with Crippen LogP contribution in [0.25, 0.3) is 0 Å². The summed E-state index contributed by atoms with van der Waals surface area (Å²) in [5.41, 5.74) is 1.35. The first-order valence-corrected chi connectivity index (χ1v) is 6.83. The molecule has 0 bridgehead atoms. The van der Waals surface area contributed by atoms with Gasteiger partial charge in [0.2, 0.25) is 5.88 Å². The van der Waals surface area contributed by atoms with E-state index in [1.165, 1.54) is 18.4 Å². The van der Waals surface area contributed by atoms with Crippen LogP contribution in [0.3, 0.4) is 0 Å². The molecule has 98 valence electrons. The van der Waals surface area contributed by atoms with Crippen molar-refractivity contribution in [2.75, 3.05) is 33.3 Å². The second kappa shape index (κ2) is 5.24. The Morgan fingerprint density at radius 3 is 2.67 bits per heavy atom. The lowest BCUT2D eigenvalue weighted by molar-refractivity contribution is 0.156. The van der Waals surface area contributed by atoms with E-state index in [4.69, 9.17) is 4.74 Å². The van der Waals surface area contributed by atoms with Gasteiger partial charge in [0.25, 0.3) is 0 Å². The maximum atomic E-state index is 5.14. The molecule has 2 fully saturated rings. The lowest BCUT2D eigenvalue weighted by atomic mass is 10.0. The Hall–Kier alpha value is -1.13. The van der Waals surface area contributed by atoms with E-state index in [1.54, 1.807) is 7.11 Å². The molecule has 1 saturated heterocycles. The van der Waals surface area contributed by atoms with Crippen molar-refractivity contribution < 1.29 is 4.74 Å². The summed E-state index contributed by atoms with van der Waals surface area (Å²) in [7, 11) is 1.66. The van der Waals surface area contributed by atoms with Crippen LogP contribution in [-0.2, 0) is 0 Å². The fourth-order valence-corrected chi connectivity index (χ4v) is 2.84. The molecule has 4 heteroatoms. The quantitative estimate of drug-likeness (QED) is 0.874. The fourth-order valence-electron chi connectivity index (χ4n) is 2.84. The number of pyridine rings is 1. The third-order valence-corrected chi connectivity index (χ3v) is 3.92. The molecular weight excluding hydrogens is 226 g/mol. The molecule has 1 aromatic heterocycles. The van der Waals surface area contributed by atoms with E-state index in [0.29, 0.717) is 11.9 Å². The molecule has 1 aliphatic heterocycles. The standard InChI is InChI=1S/C14H21N3O/c1-18-13-5-4-12(10-16-13)14(11-2-3-11)17-8-6-15-7-9-17/h4-5,10-11,14-15H,2-3,6-9H2,1H3/t14-/m1/s1. The summed E-state index contributed by atoms with van der Waals surface area (Å²) in [5, 5.41) is 3.42. The number of nitrogens with one attached hydrogen (secondary N) is 1. The van der Waals surface area contributed by atoms with Crippen molar-refractivity contribution in [3.05, 3.63) is 23.9 Å². The third kappa shape index (κ3) is 2.49. The SMILES string of the molecule is COc1ccc([C@@H](C2CC2)N2CCNCC2)cn1. The van der Waals surface area contributed by atoms with Crippen LogP contribution in [0.1, 0.15) is 24.4 Å². The van der Waals surface area contributed by atoms with Gasteiger partial charge in [0, 0.05) is 44.5 Å².